The van der Waals surface area contributed by atoms with E-state index in [9.17, 15) is 0 Å². The molecule has 0 fully saturated rings. The molecule has 72 valence electrons. The fourth-order valence-corrected chi connectivity index (χ4v) is 0.752. The number of amidine groups is 1. The first-order valence-electron chi connectivity index (χ1n) is 3.93. The largest absolute Gasteiger partial charge is 0.409 e. The van der Waals surface area contributed by atoms with Gasteiger partial charge < -0.3 is 15.7 Å². The monoisotopic (exact) mass is 175 g/mol. The van der Waals surface area contributed by atoms with Gasteiger partial charge in [0.15, 0.2) is 5.84 Å². The summed E-state index contributed by atoms with van der Waals surface area (Å²) >= 11 is 0. The van der Waals surface area contributed by atoms with Gasteiger partial charge in [0, 0.05) is 13.2 Å². The number of rotatable bonds is 6. The van der Waals surface area contributed by atoms with Crippen LogP contribution in [-0.2, 0) is 4.74 Å². The highest BCUT2D eigenvalue weighted by molar-refractivity contribution is 5.81. The zero-order valence-corrected chi connectivity index (χ0v) is 7.66. The molecule has 3 N–H and O–H groups in total. The highest BCUT2D eigenvalue weighted by Gasteiger charge is 2.00. The van der Waals surface area contributed by atoms with Crippen LogP contribution in [0, 0.1) is 0 Å². The molecule has 0 saturated heterocycles. The second kappa shape index (κ2) is 6.87. The Balaban J connectivity index is 3.39. The first-order chi connectivity index (χ1) is 5.70. The van der Waals surface area contributed by atoms with Crippen molar-refractivity contribution in [3.05, 3.63) is 0 Å². The van der Waals surface area contributed by atoms with Gasteiger partial charge in [-0.3, -0.25) is 4.90 Å². The maximum absolute atomic E-state index is 8.26. The predicted octanol–water partition coefficient (Wildman–Crippen LogP) is -0.299. The summed E-state index contributed by atoms with van der Waals surface area (Å²) in [4.78, 5) is 1.92. The fourth-order valence-electron chi connectivity index (χ4n) is 0.752. The maximum atomic E-state index is 8.26. The highest BCUT2D eigenvalue weighted by Crippen LogP contribution is 1.83. The van der Waals surface area contributed by atoms with Crippen LogP contribution in [0.2, 0.25) is 0 Å². The summed E-state index contributed by atoms with van der Waals surface area (Å²) in [6, 6.07) is 0. The molecule has 12 heavy (non-hydrogen) atoms. The molecule has 0 radical (unpaired) electrons. The topological polar surface area (TPSA) is 71.1 Å². The van der Waals surface area contributed by atoms with E-state index in [0.717, 1.165) is 13.2 Å². The van der Waals surface area contributed by atoms with Gasteiger partial charge in [-0.25, -0.2) is 0 Å². The molecule has 5 heteroatoms. The molecule has 0 aliphatic heterocycles. The number of nitrogens with two attached hydrogens (primary N) is 1. The average Bonchev–Trinajstić information content (AvgIpc) is 2.05. The van der Waals surface area contributed by atoms with E-state index in [4.69, 9.17) is 15.7 Å². The van der Waals surface area contributed by atoms with Gasteiger partial charge >= 0.3 is 0 Å². The maximum Gasteiger partial charge on any atom is 0.153 e. The fraction of sp³-hybridized carbons (Fsp3) is 0.857. The Morgan fingerprint density at radius 3 is 2.83 bits per heavy atom. The van der Waals surface area contributed by atoms with E-state index in [0.29, 0.717) is 13.2 Å². The predicted molar refractivity (Wildman–Crippen MR) is 47.4 cm³/mol. The summed E-state index contributed by atoms with van der Waals surface area (Å²) in [5.41, 5.74) is 5.30. The van der Waals surface area contributed by atoms with Crippen molar-refractivity contribution in [2.45, 2.75) is 6.92 Å². The molecule has 0 aliphatic carbocycles. The Morgan fingerprint density at radius 2 is 2.33 bits per heavy atom. The molecular weight excluding hydrogens is 158 g/mol. The van der Waals surface area contributed by atoms with Gasteiger partial charge in [0.25, 0.3) is 0 Å². The minimum atomic E-state index is 0.217. The van der Waals surface area contributed by atoms with E-state index in [1.807, 2.05) is 18.9 Å². The van der Waals surface area contributed by atoms with Crippen molar-refractivity contribution < 1.29 is 9.94 Å². The number of likely N-dealkylation sites (N-methyl/N-ethyl adjacent to an activating group) is 1. The molecule has 0 unspecified atom stereocenters. The lowest BCUT2D eigenvalue weighted by molar-refractivity contribution is 0.126. The van der Waals surface area contributed by atoms with Gasteiger partial charge in [0.05, 0.1) is 13.2 Å². The highest BCUT2D eigenvalue weighted by atomic mass is 16.5. The zero-order valence-electron chi connectivity index (χ0n) is 7.66. The van der Waals surface area contributed by atoms with E-state index >= 15 is 0 Å². The van der Waals surface area contributed by atoms with Crippen LogP contribution in [0.5, 0.6) is 0 Å². The summed E-state index contributed by atoms with van der Waals surface area (Å²) in [6.45, 7) is 4.58. The van der Waals surface area contributed by atoms with Crippen LogP contribution in [0.25, 0.3) is 0 Å². The molecule has 5 nitrogen and oxygen atoms in total. The lowest BCUT2D eigenvalue weighted by atomic mass is 10.5. The van der Waals surface area contributed by atoms with E-state index in [1.54, 1.807) is 0 Å². The van der Waals surface area contributed by atoms with Crippen LogP contribution in [0.15, 0.2) is 5.16 Å². The summed E-state index contributed by atoms with van der Waals surface area (Å²) in [5, 5.41) is 11.1. The minimum absolute atomic E-state index is 0.217. The van der Waals surface area contributed by atoms with E-state index < -0.39 is 0 Å². The molecule has 0 rings (SSSR count). The van der Waals surface area contributed by atoms with Crippen molar-refractivity contribution in [3.8, 4) is 0 Å². The number of nitrogens with zero attached hydrogens (tertiary/aromatic N) is 2. The molecule has 0 atom stereocenters. The van der Waals surface area contributed by atoms with Crippen molar-refractivity contribution >= 4 is 5.84 Å². The van der Waals surface area contributed by atoms with Crippen molar-refractivity contribution in [2.24, 2.45) is 10.9 Å². The Labute approximate surface area is 72.8 Å². The standard InChI is InChI=1S/C7H17N3O2/c1-3-12-5-4-10(2)6-7(8)9-11/h11H,3-6H2,1-2H3,(H2,8,9). The lowest BCUT2D eigenvalue weighted by Crippen LogP contribution is -2.33. The average molecular weight is 175 g/mol. The molecule has 0 heterocycles. The van der Waals surface area contributed by atoms with Crippen molar-refractivity contribution in [1.29, 1.82) is 0 Å². The molecular formula is C7H17N3O2. The van der Waals surface area contributed by atoms with Crippen molar-refractivity contribution in [3.63, 3.8) is 0 Å². The van der Waals surface area contributed by atoms with Crippen molar-refractivity contribution in [1.82, 2.24) is 4.90 Å². The van der Waals surface area contributed by atoms with E-state index in [1.165, 1.54) is 0 Å². The molecule has 0 spiro atoms. The molecule has 0 bridgehead atoms. The molecule has 0 aromatic rings. The van der Waals surface area contributed by atoms with Crippen LogP contribution in [0.4, 0.5) is 0 Å². The first-order valence-corrected chi connectivity index (χ1v) is 3.93. The first kappa shape index (κ1) is 11.2. The summed E-state index contributed by atoms with van der Waals surface area (Å²) in [7, 11) is 1.89. The quantitative estimate of drug-likeness (QED) is 0.191. The lowest BCUT2D eigenvalue weighted by Gasteiger charge is -2.14. The molecule has 0 saturated carbocycles. The summed E-state index contributed by atoms with van der Waals surface area (Å²) in [5.74, 6) is 0.217. The Morgan fingerprint density at radius 1 is 1.67 bits per heavy atom. The second-order valence-electron chi connectivity index (χ2n) is 2.53. The molecule has 0 aromatic carbocycles. The molecule has 0 amide bonds. The summed E-state index contributed by atoms with van der Waals surface area (Å²) in [6.07, 6.45) is 0. The van der Waals surface area contributed by atoms with Crippen LogP contribution in [0.3, 0.4) is 0 Å². The van der Waals surface area contributed by atoms with Crippen LogP contribution < -0.4 is 5.73 Å². The third-order valence-corrected chi connectivity index (χ3v) is 1.38. The zero-order chi connectivity index (χ0) is 9.40. The van der Waals surface area contributed by atoms with Crippen LogP contribution in [-0.4, -0.2) is 49.3 Å². The van der Waals surface area contributed by atoms with Gasteiger partial charge in [-0.1, -0.05) is 5.16 Å². The number of ether oxygens (including phenoxy) is 1. The molecule has 0 aromatic heterocycles. The normalized spacial score (nSPS) is 12.4. The Bertz CT molecular complexity index is 139. The van der Waals surface area contributed by atoms with E-state index in [2.05, 4.69) is 5.16 Å². The minimum Gasteiger partial charge on any atom is -0.409 e. The van der Waals surface area contributed by atoms with Crippen LogP contribution >= 0.6 is 0 Å². The summed E-state index contributed by atoms with van der Waals surface area (Å²) < 4.78 is 5.13. The SMILES string of the molecule is CCOCCN(C)CC(N)=NO. The Kier molecular flexibility index (Phi) is 6.41. The number of oxime groups is 1. The van der Waals surface area contributed by atoms with Crippen molar-refractivity contribution in [2.75, 3.05) is 33.4 Å². The molecule has 0 aliphatic rings. The number of hydrogen-bond acceptors (Lipinski definition) is 4. The number of hydrogen-bond donors (Lipinski definition) is 2. The van der Waals surface area contributed by atoms with Gasteiger partial charge in [-0.05, 0) is 14.0 Å². The van der Waals surface area contributed by atoms with Crippen LogP contribution in [0.1, 0.15) is 6.92 Å². The van der Waals surface area contributed by atoms with Gasteiger partial charge in [-0.2, -0.15) is 0 Å². The smallest absolute Gasteiger partial charge is 0.153 e. The third kappa shape index (κ3) is 5.94. The van der Waals surface area contributed by atoms with E-state index in [-0.39, 0.29) is 5.84 Å². The van der Waals surface area contributed by atoms with Gasteiger partial charge in [-0.15, -0.1) is 0 Å². The van der Waals surface area contributed by atoms with Gasteiger partial charge in [0.2, 0.25) is 0 Å². The third-order valence-electron chi connectivity index (χ3n) is 1.38. The second-order valence-corrected chi connectivity index (χ2v) is 2.53. The Hall–Kier alpha value is -0.810. The van der Waals surface area contributed by atoms with Gasteiger partial charge in [0.1, 0.15) is 0 Å².